The fourth-order valence-electron chi connectivity index (χ4n) is 2.60. The third kappa shape index (κ3) is 2.71. The van der Waals surface area contributed by atoms with Crippen LogP contribution in [0.4, 0.5) is 0 Å². The lowest BCUT2D eigenvalue weighted by Crippen LogP contribution is -2.38. The van der Waals surface area contributed by atoms with Crippen molar-refractivity contribution in [2.75, 3.05) is 13.2 Å². The Morgan fingerprint density at radius 2 is 2.00 bits per heavy atom. The Kier molecular flexibility index (Phi) is 3.45. The van der Waals surface area contributed by atoms with Crippen molar-refractivity contribution in [3.05, 3.63) is 0 Å². The Balaban J connectivity index is 1.81. The number of rotatable bonds is 2. The molecule has 0 aromatic rings. The molecular formula is C12H22O2. The third-order valence-electron chi connectivity index (χ3n) is 3.48. The van der Waals surface area contributed by atoms with Crippen LogP contribution in [0.15, 0.2) is 0 Å². The fraction of sp³-hybridized carbons (Fsp3) is 1.00. The van der Waals surface area contributed by atoms with Crippen LogP contribution < -0.4 is 0 Å². The summed E-state index contributed by atoms with van der Waals surface area (Å²) in [6.07, 6.45) is 9.16. The summed E-state index contributed by atoms with van der Waals surface area (Å²) in [5, 5.41) is 0. The van der Waals surface area contributed by atoms with Crippen LogP contribution in [0.5, 0.6) is 0 Å². The molecule has 0 saturated carbocycles. The van der Waals surface area contributed by atoms with Gasteiger partial charge in [0.25, 0.3) is 0 Å². The normalized spacial score (nSPS) is 39.6. The summed E-state index contributed by atoms with van der Waals surface area (Å²) in [6, 6.07) is 0. The van der Waals surface area contributed by atoms with Crippen molar-refractivity contribution in [2.45, 2.75) is 63.6 Å². The summed E-state index contributed by atoms with van der Waals surface area (Å²) in [7, 11) is 0. The van der Waals surface area contributed by atoms with Gasteiger partial charge in [-0.3, -0.25) is 0 Å². The maximum atomic E-state index is 5.89. The van der Waals surface area contributed by atoms with Gasteiger partial charge in [0, 0.05) is 19.6 Å². The first-order valence-corrected chi connectivity index (χ1v) is 6.04. The van der Waals surface area contributed by atoms with Crippen LogP contribution in [-0.4, -0.2) is 24.9 Å². The van der Waals surface area contributed by atoms with Crippen LogP contribution in [0.25, 0.3) is 0 Å². The molecule has 2 aliphatic heterocycles. The zero-order chi connectivity index (χ0) is 9.86. The lowest BCUT2D eigenvalue weighted by molar-refractivity contribution is -0.108. The van der Waals surface area contributed by atoms with Gasteiger partial charge in [0.2, 0.25) is 0 Å². The second-order valence-electron chi connectivity index (χ2n) is 4.95. The molecule has 2 heterocycles. The Bertz CT molecular complexity index is 167. The average molecular weight is 198 g/mol. The molecule has 0 N–H and O–H groups in total. The summed E-state index contributed by atoms with van der Waals surface area (Å²) in [5.41, 5.74) is 0.111. The molecule has 14 heavy (non-hydrogen) atoms. The van der Waals surface area contributed by atoms with Gasteiger partial charge in [0.15, 0.2) is 0 Å². The molecule has 0 amide bonds. The molecule has 2 atom stereocenters. The predicted molar refractivity (Wildman–Crippen MR) is 56.4 cm³/mol. The summed E-state index contributed by atoms with van der Waals surface area (Å²) >= 11 is 0. The van der Waals surface area contributed by atoms with Gasteiger partial charge in [-0.25, -0.2) is 0 Å². The quantitative estimate of drug-likeness (QED) is 0.679. The Hall–Kier alpha value is -0.0800. The highest BCUT2D eigenvalue weighted by molar-refractivity contribution is 4.83. The van der Waals surface area contributed by atoms with Crippen molar-refractivity contribution in [1.82, 2.24) is 0 Å². The molecule has 2 fully saturated rings. The van der Waals surface area contributed by atoms with Crippen molar-refractivity contribution in [1.29, 1.82) is 0 Å². The van der Waals surface area contributed by atoms with E-state index in [1.54, 1.807) is 0 Å². The molecule has 0 aliphatic carbocycles. The van der Waals surface area contributed by atoms with Crippen molar-refractivity contribution < 1.29 is 9.47 Å². The molecule has 2 aliphatic rings. The lowest BCUT2D eigenvalue weighted by atomic mass is 9.88. The molecule has 0 aromatic heterocycles. The molecule has 2 unspecified atom stereocenters. The third-order valence-corrected chi connectivity index (χ3v) is 3.48. The summed E-state index contributed by atoms with van der Waals surface area (Å²) < 4.78 is 11.7. The van der Waals surface area contributed by atoms with E-state index in [9.17, 15) is 0 Å². The molecule has 82 valence electrons. The summed E-state index contributed by atoms with van der Waals surface area (Å²) in [6.45, 7) is 4.16. The van der Waals surface area contributed by atoms with Gasteiger partial charge < -0.3 is 9.47 Å². The molecule has 0 spiro atoms. The van der Waals surface area contributed by atoms with Gasteiger partial charge in [-0.1, -0.05) is 0 Å². The molecule has 2 rings (SSSR count). The minimum Gasteiger partial charge on any atom is -0.378 e. The van der Waals surface area contributed by atoms with Crippen molar-refractivity contribution in [3.8, 4) is 0 Å². The SMILES string of the molecule is CC1(CC2CCCCO2)CCCCO1. The second-order valence-corrected chi connectivity index (χ2v) is 4.95. The van der Waals surface area contributed by atoms with Gasteiger partial charge in [-0.05, 0) is 45.4 Å². The van der Waals surface area contributed by atoms with E-state index in [-0.39, 0.29) is 5.60 Å². The highest BCUT2D eigenvalue weighted by Gasteiger charge is 2.31. The molecule has 0 radical (unpaired) electrons. The fourth-order valence-corrected chi connectivity index (χ4v) is 2.60. The largest absolute Gasteiger partial charge is 0.378 e. The first kappa shape index (κ1) is 10.4. The summed E-state index contributed by atoms with van der Waals surface area (Å²) in [4.78, 5) is 0. The first-order chi connectivity index (χ1) is 6.79. The van der Waals surface area contributed by atoms with E-state index in [2.05, 4.69) is 6.92 Å². The maximum absolute atomic E-state index is 5.89. The van der Waals surface area contributed by atoms with E-state index in [1.807, 2.05) is 0 Å². The van der Waals surface area contributed by atoms with Crippen LogP contribution in [0, 0.1) is 0 Å². The second kappa shape index (κ2) is 4.63. The van der Waals surface area contributed by atoms with Crippen molar-refractivity contribution in [2.24, 2.45) is 0 Å². The topological polar surface area (TPSA) is 18.5 Å². The molecular weight excluding hydrogens is 176 g/mol. The van der Waals surface area contributed by atoms with Gasteiger partial charge in [0.05, 0.1) is 11.7 Å². The minimum atomic E-state index is 0.111. The van der Waals surface area contributed by atoms with E-state index in [4.69, 9.17) is 9.47 Å². The Morgan fingerprint density at radius 3 is 2.64 bits per heavy atom. The molecule has 2 heteroatoms. The van der Waals surface area contributed by atoms with Gasteiger partial charge >= 0.3 is 0 Å². The van der Waals surface area contributed by atoms with Gasteiger partial charge in [-0.15, -0.1) is 0 Å². The summed E-state index contributed by atoms with van der Waals surface area (Å²) in [5.74, 6) is 0. The van der Waals surface area contributed by atoms with E-state index >= 15 is 0 Å². The first-order valence-electron chi connectivity index (χ1n) is 6.04. The van der Waals surface area contributed by atoms with Crippen molar-refractivity contribution >= 4 is 0 Å². The highest BCUT2D eigenvalue weighted by atomic mass is 16.5. The van der Waals surface area contributed by atoms with Crippen molar-refractivity contribution in [3.63, 3.8) is 0 Å². The number of hydrogen-bond donors (Lipinski definition) is 0. The average Bonchev–Trinajstić information content (AvgIpc) is 2.19. The van der Waals surface area contributed by atoms with Crippen LogP contribution >= 0.6 is 0 Å². The Labute approximate surface area is 87.0 Å². The van der Waals surface area contributed by atoms with E-state index in [0.29, 0.717) is 6.10 Å². The predicted octanol–water partition coefficient (Wildman–Crippen LogP) is 2.90. The van der Waals surface area contributed by atoms with Gasteiger partial charge in [0.1, 0.15) is 0 Å². The van der Waals surface area contributed by atoms with Crippen LogP contribution in [0.1, 0.15) is 51.9 Å². The zero-order valence-corrected chi connectivity index (χ0v) is 9.26. The smallest absolute Gasteiger partial charge is 0.0679 e. The number of ether oxygens (including phenoxy) is 2. The lowest BCUT2D eigenvalue weighted by Gasteiger charge is -2.37. The molecule has 2 saturated heterocycles. The molecule has 0 bridgehead atoms. The van der Waals surface area contributed by atoms with Gasteiger partial charge in [-0.2, -0.15) is 0 Å². The monoisotopic (exact) mass is 198 g/mol. The minimum absolute atomic E-state index is 0.111. The molecule has 0 aromatic carbocycles. The Morgan fingerprint density at radius 1 is 1.14 bits per heavy atom. The standard InChI is InChI=1S/C12H22O2/c1-12(7-3-5-9-14-12)10-11-6-2-4-8-13-11/h11H,2-10H2,1H3. The molecule has 2 nitrogen and oxygen atoms in total. The van der Waals surface area contributed by atoms with E-state index < -0.39 is 0 Å². The van der Waals surface area contributed by atoms with Crippen LogP contribution in [0.2, 0.25) is 0 Å². The van der Waals surface area contributed by atoms with Crippen LogP contribution in [0.3, 0.4) is 0 Å². The van der Waals surface area contributed by atoms with Crippen LogP contribution in [-0.2, 0) is 9.47 Å². The van der Waals surface area contributed by atoms with E-state index in [0.717, 1.165) is 19.6 Å². The number of hydrogen-bond acceptors (Lipinski definition) is 2. The van der Waals surface area contributed by atoms with E-state index in [1.165, 1.54) is 38.5 Å². The highest BCUT2D eigenvalue weighted by Crippen LogP contribution is 2.31. The zero-order valence-electron chi connectivity index (χ0n) is 9.26. The maximum Gasteiger partial charge on any atom is 0.0679 e.